The summed E-state index contributed by atoms with van der Waals surface area (Å²) >= 11 is 0. The third-order valence-corrected chi connectivity index (χ3v) is 5.73. The standard InChI is InChI=1S/C17H32O3/c1-12-8-9-14-5-3-6-15(16(14)11-20-12)13(2)17(19)7-4-10-18/h12-19H,3-11H2,1-2H3/t12-,13+,14?,15?,16?,17+/m0/s1. The zero-order valence-corrected chi connectivity index (χ0v) is 13.1. The second kappa shape index (κ2) is 7.77. The molecular weight excluding hydrogens is 252 g/mol. The molecule has 0 aromatic rings. The molecule has 1 heterocycles. The van der Waals surface area contributed by atoms with Crippen LogP contribution in [0.2, 0.25) is 0 Å². The van der Waals surface area contributed by atoms with E-state index in [0.717, 1.165) is 18.9 Å². The number of fused-ring (bicyclic) bond motifs is 1. The fraction of sp³-hybridized carbons (Fsp3) is 1.00. The smallest absolute Gasteiger partial charge is 0.0569 e. The van der Waals surface area contributed by atoms with Gasteiger partial charge in [-0.2, -0.15) is 0 Å². The molecule has 6 atom stereocenters. The molecule has 118 valence electrons. The Hall–Kier alpha value is -0.120. The van der Waals surface area contributed by atoms with Crippen LogP contribution in [0.25, 0.3) is 0 Å². The molecule has 0 spiro atoms. The number of rotatable bonds is 5. The third-order valence-electron chi connectivity index (χ3n) is 5.73. The molecule has 3 unspecified atom stereocenters. The molecule has 2 aliphatic rings. The van der Waals surface area contributed by atoms with Gasteiger partial charge in [0.15, 0.2) is 0 Å². The van der Waals surface area contributed by atoms with Crippen molar-refractivity contribution in [1.29, 1.82) is 0 Å². The molecule has 0 aromatic carbocycles. The van der Waals surface area contributed by atoms with Gasteiger partial charge in [-0.1, -0.05) is 19.8 Å². The zero-order valence-electron chi connectivity index (χ0n) is 13.1. The van der Waals surface area contributed by atoms with Gasteiger partial charge >= 0.3 is 0 Å². The lowest BCUT2D eigenvalue weighted by Crippen LogP contribution is -2.38. The zero-order chi connectivity index (χ0) is 14.5. The molecule has 2 fully saturated rings. The van der Waals surface area contributed by atoms with Gasteiger partial charge < -0.3 is 14.9 Å². The maximum absolute atomic E-state index is 10.4. The molecule has 3 heteroatoms. The van der Waals surface area contributed by atoms with Crippen LogP contribution in [0, 0.1) is 23.7 Å². The molecule has 1 saturated heterocycles. The Bertz CT molecular complexity index is 281. The Labute approximate surface area is 123 Å². The van der Waals surface area contributed by atoms with E-state index in [1.165, 1.54) is 32.1 Å². The van der Waals surface area contributed by atoms with Crippen molar-refractivity contribution in [3.63, 3.8) is 0 Å². The second-order valence-electron chi connectivity index (χ2n) is 7.03. The summed E-state index contributed by atoms with van der Waals surface area (Å²) in [6.07, 6.45) is 7.92. The summed E-state index contributed by atoms with van der Waals surface area (Å²) in [5.41, 5.74) is 0. The van der Waals surface area contributed by atoms with Crippen LogP contribution in [0.3, 0.4) is 0 Å². The number of aliphatic hydroxyl groups excluding tert-OH is 2. The summed E-state index contributed by atoms with van der Waals surface area (Å²) in [7, 11) is 0. The minimum absolute atomic E-state index is 0.182. The van der Waals surface area contributed by atoms with Crippen molar-refractivity contribution in [2.75, 3.05) is 13.2 Å². The SMILES string of the molecule is C[C@H](C1CCCC2CC[C@H](C)OCC21)[C@H](O)CCCO. The summed E-state index contributed by atoms with van der Waals surface area (Å²) < 4.78 is 5.99. The molecule has 1 aliphatic heterocycles. The van der Waals surface area contributed by atoms with Crippen LogP contribution in [0.15, 0.2) is 0 Å². The summed E-state index contributed by atoms with van der Waals surface area (Å²) in [6, 6.07) is 0. The molecule has 2 N–H and O–H groups in total. The van der Waals surface area contributed by atoms with E-state index in [4.69, 9.17) is 9.84 Å². The van der Waals surface area contributed by atoms with Crippen LogP contribution in [0.1, 0.15) is 58.8 Å². The number of hydrogen-bond acceptors (Lipinski definition) is 3. The van der Waals surface area contributed by atoms with E-state index in [0.29, 0.717) is 30.3 Å². The van der Waals surface area contributed by atoms with Gasteiger partial charge in [0.25, 0.3) is 0 Å². The molecular formula is C17H32O3. The fourth-order valence-electron chi connectivity index (χ4n) is 4.32. The third kappa shape index (κ3) is 3.96. The summed E-state index contributed by atoms with van der Waals surface area (Å²) in [5, 5.41) is 19.3. The van der Waals surface area contributed by atoms with Gasteiger partial charge in [-0.3, -0.25) is 0 Å². The molecule has 3 nitrogen and oxygen atoms in total. The molecule has 2 rings (SSSR count). The highest BCUT2D eigenvalue weighted by molar-refractivity contribution is 4.88. The monoisotopic (exact) mass is 284 g/mol. The highest BCUT2D eigenvalue weighted by Gasteiger charge is 2.39. The summed E-state index contributed by atoms with van der Waals surface area (Å²) in [6.45, 7) is 5.45. The largest absolute Gasteiger partial charge is 0.396 e. The van der Waals surface area contributed by atoms with E-state index < -0.39 is 0 Å². The Morgan fingerprint density at radius 3 is 2.75 bits per heavy atom. The van der Waals surface area contributed by atoms with E-state index in [1.54, 1.807) is 0 Å². The van der Waals surface area contributed by atoms with Crippen LogP contribution in [-0.2, 0) is 4.74 Å². The number of ether oxygens (including phenoxy) is 1. The molecule has 0 amide bonds. The normalized spacial score (nSPS) is 37.8. The van der Waals surface area contributed by atoms with Crippen LogP contribution < -0.4 is 0 Å². The fourth-order valence-corrected chi connectivity index (χ4v) is 4.32. The minimum Gasteiger partial charge on any atom is -0.396 e. The maximum Gasteiger partial charge on any atom is 0.0569 e. The number of aliphatic hydroxyl groups is 2. The highest BCUT2D eigenvalue weighted by Crippen LogP contribution is 2.44. The molecule has 0 bridgehead atoms. The molecule has 1 aliphatic carbocycles. The molecule has 20 heavy (non-hydrogen) atoms. The first-order valence-electron chi connectivity index (χ1n) is 8.54. The average molecular weight is 284 g/mol. The van der Waals surface area contributed by atoms with E-state index >= 15 is 0 Å². The van der Waals surface area contributed by atoms with Crippen LogP contribution >= 0.6 is 0 Å². The van der Waals surface area contributed by atoms with Gasteiger partial charge in [0.2, 0.25) is 0 Å². The van der Waals surface area contributed by atoms with E-state index in [-0.39, 0.29) is 12.7 Å². The van der Waals surface area contributed by atoms with Crippen molar-refractivity contribution < 1.29 is 14.9 Å². The van der Waals surface area contributed by atoms with Crippen LogP contribution in [0.5, 0.6) is 0 Å². The van der Waals surface area contributed by atoms with Crippen molar-refractivity contribution in [1.82, 2.24) is 0 Å². The lowest BCUT2D eigenvalue weighted by atomic mass is 9.65. The molecule has 0 aromatic heterocycles. The van der Waals surface area contributed by atoms with Crippen molar-refractivity contribution in [2.45, 2.75) is 71.0 Å². The lowest BCUT2D eigenvalue weighted by Gasteiger charge is -2.41. The van der Waals surface area contributed by atoms with Gasteiger partial charge in [-0.15, -0.1) is 0 Å². The van der Waals surface area contributed by atoms with Crippen LogP contribution in [0.4, 0.5) is 0 Å². The van der Waals surface area contributed by atoms with Crippen molar-refractivity contribution >= 4 is 0 Å². The van der Waals surface area contributed by atoms with Crippen molar-refractivity contribution in [3.05, 3.63) is 0 Å². The Balaban J connectivity index is 1.98. The average Bonchev–Trinajstić information content (AvgIpc) is 2.66. The first-order valence-corrected chi connectivity index (χ1v) is 8.54. The molecule has 1 saturated carbocycles. The van der Waals surface area contributed by atoms with Crippen molar-refractivity contribution in [2.24, 2.45) is 23.7 Å². The van der Waals surface area contributed by atoms with Gasteiger partial charge in [-0.05, 0) is 62.7 Å². The van der Waals surface area contributed by atoms with Gasteiger partial charge in [0.1, 0.15) is 0 Å². The topological polar surface area (TPSA) is 49.7 Å². The molecule has 0 radical (unpaired) electrons. The summed E-state index contributed by atoms with van der Waals surface area (Å²) in [5.74, 6) is 2.35. The Kier molecular flexibility index (Phi) is 6.31. The quantitative estimate of drug-likeness (QED) is 0.816. The number of hydrogen-bond donors (Lipinski definition) is 2. The van der Waals surface area contributed by atoms with Gasteiger partial charge in [0.05, 0.1) is 18.8 Å². The van der Waals surface area contributed by atoms with Gasteiger partial charge in [-0.25, -0.2) is 0 Å². The lowest BCUT2D eigenvalue weighted by molar-refractivity contribution is -0.0235. The van der Waals surface area contributed by atoms with E-state index in [9.17, 15) is 5.11 Å². The Morgan fingerprint density at radius 2 is 2.00 bits per heavy atom. The van der Waals surface area contributed by atoms with Crippen LogP contribution in [-0.4, -0.2) is 35.6 Å². The van der Waals surface area contributed by atoms with Crippen molar-refractivity contribution in [3.8, 4) is 0 Å². The first kappa shape index (κ1) is 16.3. The second-order valence-corrected chi connectivity index (χ2v) is 7.03. The van der Waals surface area contributed by atoms with E-state index in [1.807, 2.05) is 0 Å². The Morgan fingerprint density at radius 1 is 1.20 bits per heavy atom. The first-order chi connectivity index (χ1) is 9.63. The maximum atomic E-state index is 10.4. The predicted octanol–water partition coefficient (Wildman–Crippen LogP) is 2.99. The minimum atomic E-state index is -0.272. The van der Waals surface area contributed by atoms with Gasteiger partial charge in [0, 0.05) is 6.61 Å². The summed E-state index contributed by atoms with van der Waals surface area (Å²) in [4.78, 5) is 0. The highest BCUT2D eigenvalue weighted by atomic mass is 16.5. The van der Waals surface area contributed by atoms with E-state index in [2.05, 4.69) is 13.8 Å². The predicted molar refractivity (Wildman–Crippen MR) is 80.5 cm³/mol.